The summed E-state index contributed by atoms with van der Waals surface area (Å²) in [5, 5.41) is 3.08. The van der Waals surface area contributed by atoms with Crippen molar-refractivity contribution >= 4 is 17.2 Å². The van der Waals surface area contributed by atoms with Crippen LogP contribution in [0.3, 0.4) is 0 Å². The fraction of sp³-hybridized carbons (Fsp3) is 0.500. The lowest BCUT2D eigenvalue weighted by Gasteiger charge is -2.09. The highest BCUT2D eigenvalue weighted by Gasteiger charge is 2.09. The molecule has 0 aliphatic carbocycles. The highest BCUT2D eigenvalue weighted by Crippen LogP contribution is 2.20. The predicted octanol–water partition coefficient (Wildman–Crippen LogP) is 1.33. The van der Waals surface area contributed by atoms with Gasteiger partial charge in [0.25, 0.3) is 0 Å². The molecule has 1 atom stereocenters. The van der Waals surface area contributed by atoms with Gasteiger partial charge in [0.1, 0.15) is 0 Å². The van der Waals surface area contributed by atoms with Crippen molar-refractivity contribution in [2.24, 2.45) is 5.73 Å². The Hall–Kier alpha value is -0.870. The van der Waals surface area contributed by atoms with Crippen LogP contribution in [0.15, 0.2) is 6.07 Å². The second-order valence-corrected chi connectivity index (χ2v) is 4.90. The van der Waals surface area contributed by atoms with Gasteiger partial charge in [-0.05, 0) is 32.4 Å². The fourth-order valence-corrected chi connectivity index (χ4v) is 2.17. The third kappa shape index (κ3) is 2.82. The van der Waals surface area contributed by atoms with Crippen molar-refractivity contribution in [3.63, 3.8) is 0 Å². The first kappa shape index (κ1) is 11.2. The van der Waals surface area contributed by atoms with Crippen molar-refractivity contribution in [2.45, 2.75) is 33.4 Å². The van der Waals surface area contributed by atoms with Gasteiger partial charge in [0.2, 0.25) is 5.91 Å². The Morgan fingerprint density at radius 1 is 1.64 bits per heavy atom. The van der Waals surface area contributed by atoms with Crippen molar-refractivity contribution in [2.75, 3.05) is 0 Å². The van der Waals surface area contributed by atoms with Crippen LogP contribution < -0.4 is 11.1 Å². The molecule has 78 valence electrons. The third-order valence-electron chi connectivity index (χ3n) is 2.17. The number of hydrogen-bond acceptors (Lipinski definition) is 3. The van der Waals surface area contributed by atoms with Crippen LogP contribution in [0, 0.1) is 13.8 Å². The quantitative estimate of drug-likeness (QED) is 0.791. The van der Waals surface area contributed by atoms with Crippen molar-refractivity contribution < 1.29 is 4.79 Å². The average molecular weight is 212 g/mol. The topological polar surface area (TPSA) is 55.1 Å². The Labute approximate surface area is 88.3 Å². The van der Waals surface area contributed by atoms with Crippen molar-refractivity contribution in [3.05, 3.63) is 21.4 Å². The minimum absolute atomic E-state index is 0.269. The van der Waals surface area contributed by atoms with Crippen LogP contribution in [-0.2, 0) is 11.3 Å². The number of amides is 1. The lowest BCUT2D eigenvalue weighted by Crippen LogP contribution is -2.38. The van der Waals surface area contributed by atoms with Crippen LogP contribution in [0.25, 0.3) is 0 Å². The van der Waals surface area contributed by atoms with Gasteiger partial charge in [-0.15, -0.1) is 11.3 Å². The normalized spacial score (nSPS) is 12.8. The summed E-state index contributed by atoms with van der Waals surface area (Å²) in [4.78, 5) is 13.4. The van der Waals surface area contributed by atoms with Gasteiger partial charge in [-0.1, -0.05) is 0 Å². The van der Waals surface area contributed by atoms with E-state index in [4.69, 9.17) is 5.73 Å². The van der Waals surface area contributed by atoms with Crippen LogP contribution in [0.4, 0.5) is 0 Å². The van der Waals surface area contributed by atoms with Gasteiger partial charge >= 0.3 is 0 Å². The Morgan fingerprint density at radius 2 is 2.29 bits per heavy atom. The number of carbonyl (C=O) groups is 1. The lowest BCUT2D eigenvalue weighted by atomic mass is 10.2. The maximum Gasteiger partial charge on any atom is 0.234 e. The molecule has 0 aliphatic rings. The zero-order chi connectivity index (χ0) is 10.7. The molecule has 0 radical (unpaired) electrons. The van der Waals surface area contributed by atoms with Crippen LogP contribution in [0.2, 0.25) is 0 Å². The molecule has 1 aromatic heterocycles. The summed E-state index contributed by atoms with van der Waals surface area (Å²) in [6.07, 6.45) is 0. The van der Waals surface area contributed by atoms with Gasteiger partial charge in [-0.2, -0.15) is 0 Å². The first-order valence-corrected chi connectivity index (χ1v) is 5.41. The number of thiophene rings is 1. The number of hydrogen-bond donors (Lipinski definition) is 2. The zero-order valence-electron chi connectivity index (χ0n) is 8.76. The Balaban J connectivity index is 2.53. The van der Waals surface area contributed by atoms with Crippen molar-refractivity contribution in [3.8, 4) is 0 Å². The van der Waals surface area contributed by atoms with Crippen LogP contribution in [-0.4, -0.2) is 11.9 Å². The predicted molar refractivity (Wildman–Crippen MR) is 59.3 cm³/mol. The van der Waals surface area contributed by atoms with Crippen LogP contribution >= 0.6 is 11.3 Å². The molecule has 4 heteroatoms. The van der Waals surface area contributed by atoms with Crippen molar-refractivity contribution in [1.82, 2.24) is 5.32 Å². The SMILES string of the molecule is Cc1cc(CN[C@@H](C)C(N)=O)c(C)s1. The minimum Gasteiger partial charge on any atom is -0.368 e. The zero-order valence-corrected chi connectivity index (χ0v) is 9.57. The Bertz CT molecular complexity index is 333. The van der Waals surface area contributed by atoms with E-state index in [1.54, 1.807) is 18.3 Å². The van der Waals surface area contributed by atoms with E-state index in [2.05, 4.69) is 25.2 Å². The summed E-state index contributed by atoms with van der Waals surface area (Å²) in [6, 6.07) is 1.87. The van der Waals surface area contributed by atoms with E-state index in [1.807, 2.05) is 0 Å². The second kappa shape index (κ2) is 4.57. The molecule has 1 rings (SSSR count). The first-order chi connectivity index (χ1) is 6.50. The summed E-state index contributed by atoms with van der Waals surface area (Å²) >= 11 is 1.77. The van der Waals surface area contributed by atoms with E-state index in [9.17, 15) is 4.79 Å². The van der Waals surface area contributed by atoms with Gasteiger partial charge < -0.3 is 11.1 Å². The molecule has 1 heterocycles. The van der Waals surface area contributed by atoms with E-state index in [-0.39, 0.29) is 11.9 Å². The molecule has 0 fully saturated rings. The first-order valence-electron chi connectivity index (χ1n) is 4.59. The smallest absolute Gasteiger partial charge is 0.234 e. The van der Waals surface area contributed by atoms with Gasteiger partial charge in [-0.3, -0.25) is 4.79 Å². The summed E-state index contributed by atoms with van der Waals surface area (Å²) in [5.41, 5.74) is 6.40. The number of primary amides is 1. The van der Waals surface area contributed by atoms with Crippen molar-refractivity contribution in [1.29, 1.82) is 0 Å². The number of carbonyl (C=O) groups excluding carboxylic acids is 1. The largest absolute Gasteiger partial charge is 0.368 e. The molecule has 0 saturated heterocycles. The highest BCUT2D eigenvalue weighted by atomic mass is 32.1. The maximum absolute atomic E-state index is 10.8. The van der Waals surface area contributed by atoms with Crippen LogP contribution in [0.1, 0.15) is 22.2 Å². The summed E-state index contributed by atoms with van der Waals surface area (Å²) in [5.74, 6) is -0.311. The molecule has 0 spiro atoms. The average Bonchev–Trinajstić information content (AvgIpc) is 2.40. The standard InChI is InChI=1S/C10H16N2OS/c1-6-4-9(8(3)14-6)5-12-7(2)10(11)13/h4,7,12H,5H2,1-3H3,(H2,11,13)/t7-/m0/s1. The molecule has 0 aromatic carbocycles. The molecule has 3 nitrogen and oxygen atoms in total. The van der Waals surface area contributed by atoms with Gasteiger partial charge in [0.15, 0.2) is 0 Å². The van der Waals surface area contributed by atoms with E-state index >= 15 is 0 Å². The number of rotatable bonds is 4. The molecule has 0 aliphatic heterocycles. The second-order valence-electron chi connectivity index (χ2n) is 3.44. The molecule has 1 amide bonds. The van der Waals surface area contributed by atoms with Gasteiger partial charge in [0.05, 0.1) is 6.04 Å². The molecule has 0 unspecified atom stereocenters. The highest BCUT2D eigenvalue weighted by molar-refractivity contribution is 7.12. The number of nitrogens with two attached hydrogens (primary N) is 1. The molecule has 3 N–H and O–H groups in total. The summed E-state index contributed by atoms with van der Waals surface area (Å²) < 4.78 is 0. The third-order valence-corrected chi connectivity index (χ3v) is 3.18. The van der Waals surface area contributed by atoms with Gasteiger partial charge in [-0.25, -0.2) is 0 Å². The van der Waals surface area contributed by atoms with E-state index < -0.39 is 0 Å². The van der Waals surface area contributed by atoms with E-state index in [0.717, 1.165) is 0 Å². The number of nitrogens with one attached hydrogen (secondary N) is 1. The van der Waals surface area contributed by atoms with Crippen LogP contribution in [0.5, 0.6) is 0 Å². The van der Waals surface area contributed by atoms with E-state index in [1.165, 1.54) is 15.3 Å². The molecule has 14 heavy (non-hydrogen) atoms. The molecule has 1 aromatic rings. The monoisotopic (exact) mass is 212 g/mol. The van der Waals surface area contributed by atoms with E-state index in [0.29, 0.717) is 6.54 Å². The molecule has 0 saturated carbocycles. The summed E-state index contributed by atoms with van der Waals surface area (Å²) in [7, 11) is 0. The Kier molecular flexibility index (Phi) is 3.66. The lowest BCUT2D eigenvalue weighted by molar-refractivity contribution is -0.119. The Morgan fingerprint density at radius 3 is 2.71 bits per heavy atom. The fourth-order valence-electron chi connectivity index (χ4n) is 1.22. The summed E-state index contributed by atoms with van der Waals surface area (Å²) in [6.45, 7) is 6.65. The minimum atomic E-state index is -0.311. The molecular formula is C10H16N2OS. The maximum atomic E-state index is 10.8. The van der Waals surface area contributed by atoms with Gasteiger partial charge in [0, 0.05) is 16.3 Å². The molecule has 0 bridgehead atoms. The number of aryl methyl sites for hydroxylation is 2. The molecular weight excluding hydrogens is 196 g/mol.